The van der Waals surface area contributed by atoms with Gasteiger partial charge in [-0.25, -0.2) is 0 Å². The lowest BCUT2D eigenvalue weighted by molar-refractivity contribution is 0.00467. The number of rotatable bonds is 7. The van der Waals surface area contributed by atoms with Crippen molar-refractivity contribution in [1.82, 2.24) is 4.90 Å². The summed E-state index contributed by atoms with van der Waals surface area (Å²) in [6.07, 6.45) is -0.587. The minimum absolute atomic E-state index is 0.205. The first-order valence-corrected chi connectivity index (χ1v) is 10.1. The first-order chi connectivity index (χ1) is 14.6. The Bertz CT molecular complexity index is 1030. The number of morpholine rings is 1. The lowest BCUT2D eigenvalue weighted by atomic mass is 9.96. The number of fused-ring (bicyclic) bond motifs is 1. The van der Waals surface area contributed by atoms with Crippen molar-refractivity contribution in [2.24, 2.45) is 5.73 Å². The Kier molecular flexibility index (Phi) is 6.28. The Labute approximate surface area is 175 Å². The number of aliphatic hydroxyl groups is 1. The summed E-state index contributed by atoms with van der Waals surface area (Å²) in [5, 5.41) is 12.5. The van der Waals surface area contributed by atoms with E-state index in [1.54, 1.807) is 12.1 Å². The Morgan fingerprint density at radius 1 is 1.10 bits per heavy atom. The van der Waals surface area contributed by atoms with E-state index in [2.05, 4.69) is 4.90 Å². The Morgan fingerprint density at radius 2 is 1.90 bits per heavy atom. The average molecular weight is 406 g/mol. The molecule has 30 heavy (non-hydrogen) atoms. The lowest BCUT2D eigenvalue weighted by Crippen LogP contribution is -2.42. The maximum absolute atomic E-state index is 11.6. The van der Waals surface area contributed by atoms with Gasteiger partial charge in [-0.05, 0) is 46.2 Å². The quantitative estimate of drug-likeness (QED) is 0.630. The van der Waals surface area contributed by atoms with Gasteiger partial charge in [0.2, 0.25) is 5.91 Å². The molecular weight excluding hydrogens is 380 g/mol. The van der Waals surface area contributed by atoms with E-state index in [0.29, 0.717) is 31.1 Å². The van der Waals surface area contributed by atoms with Gasteiger partial charge in [0, 0.05) is 25.2 Å². The summed E-state index contributed by atoms with van der Waals surface area (Å²) in [7, 11) is 0. The predicted molar refractivity (Wildman–Crippen MR) is 117 cm³/mol. The maximum Gasteiger partial charge on any atom is 0.248 e. The zero-order valence-electron chi connectivity index (χ0n) is 16.8. The standard InChI is InChI=1S/C24H26N2O4/c25-24(28)19-6-3-5-17(12-19)23-14-21(13-18-4-1-2-7-22(18)23)30-16-20(27)15-26-8-10-29-11-9-26/h1-7,12-14,20,27H,8-11,15-16H2,(H2,25,28). The van der Waals surface area contributed by atoms with Crippen LogP contribution in [0.15, 0.2) is 60.7 Å². The zero-order chi connectivity index (χ0) is 20.9. The maximum atomic E-state index is 11.6. The van der Waals surface area contributed by atoms with Gasteiger partial charge in [-0.15, -0.1) is 0 Å². The minimum atomic E-state index is -0.587. The van der Waals surface area contributed by atoms with Crippen molar-refractivity contribution in [1.29, 1.82) is 0 Å². The summed E-state index contributed by atoms with van der Waals surface area (Å²) in [6.45, 7) is 3.82. The number of aliphatic hydroxyl groups excluding tert-OH is 1. The lowest BCUT2D eigenvalue weighted by Gasteiger charge is -2.28. The summed E-state index contributed by atoms with van der Waals surface area (Å²) in [5.74, 6) is 0.217. The fourth-order valence-electron chi connectivity index (χ4n) is 3.77. The van der Waals surface area contributed by atoms with Crippen LogP contribution in [0.1, 0.15) is 10.4 Å². The second-order valence-corrected chi connectivity index (χ2v) is 7.51. The van der Waals surface area contributed by atoms with Gasteiger partial charge in [0.05, 0.1) is 13.2 Å². The van der Waals surface area contributed by atoms with Gasteiger partial charge in [0.15, 0.2) is 0 Å². The van der Waals surface area contributed by atoms with Gasteiger partial charge in [0.25, 0.3) is 0 Å². The molecule has 0 bridgehead atoms. The molecule has 6 heteroatoms. The van der Waals surface area contributed by atoms with Gasteiger partial charge in [-0.2, -0.15) is 0 Å². The molecule has 0 radical (unpaired) electrons. The van der Waals surface area contributed by atoms with Crippen molar-refractivity contribution in [3.8, 4) is 16.9 Å². The van der Waals surface area contributed by atoms with E-state index in [1.165, 1.54) is 0 Å². The summed E-state index contributed by atoms with van der Waals surface area (Å²) < 4.78 is 11.3. The number of hydrogen-bond donors (Lipinski definition) is 2. The van der Waals surface area contributed by atoms with Crippen LogP contribution in [-0.4, -0.2) is 61.5 Å². The molecule has 0 saturated carbocycles. The fraction of sp³-hybridized carbons (Fsp3) is 0.292. The van der Waals surface area contributed by atoms with E-state index in [9.17, 15) is 9.90 Å². The normalized spacial score (nSPS) is 15.8. The highest BCUT2D eigenvalue weighted by molar-refractivity contribution is 6.00. The van der Waals surface area contributed by atoms with Gasteiger partial charge in [-0.3, -0.25) is 9.69 Å². The molecule has 1 aliphatic rings. The highest BCUT2D eigenvalue weighted by atomic mass is 16.5. The molecule has 0 aromatic heterocycles. The Hall–Kier alpha value is -2.93. The van der Waals surface area contributed by atoms with E-state index in [-0.39, 0.29) is 6.61 Å². The number of nitrogens with two attached hydrogens (primary N) is 1. The number of carbonyl (C=O) groups is 1. The molecule has 1 unspecified atom stereocenters. The summed E-state index contributed by atoms with van der Waals surface area (Å²) in [6, 6.07) is 19.2. The van der Waals surface area contributed by atoms with E-state index in [0.717, 1.165) is 35.0 Å². The Balaban J connectivity index is 1.57. The smallest absolute Gasteiger partial charge is 0.248 e. The second-order valence-electron chi connectivity index (χ2n) is 7.51. The second kappa shape index (κ2) is 9.26. The van der Waals surface area contributed by atoms with Crippen LogP contribution in [0.3, 0.4) is 0 Å². The molecule has 4 rings (SSSR count). The molecule has 1 heterocycles. The topological polar surface area (TPSA) is 85.0 Å². The number of hydrogen-bond acceptors (Lipinski definition) is 5. The summed E-state index contributed by atoms with van der Waals surface area (Å²) in [4.78, 5) is 13.8. The number of β-amino-alcohol motifs (C(OH)–C–C–N with tert-alkyl or cyclic N) is 1. The van der Waals surface area contributed by atoms with E-state index in [1.807, 2.05) is 48.5 Å². The van der Waals surface area contributed by atoms with Gasteiger partial charge >= 0.3 is 0 Å². The molecule has 3 N–H and O–H groups in total. The summed E-state index contributed by atoms with van der Waals surface area (Å²) >= 11 is 0. The van der Waals surface area contributed by atoms with Crippen molar-refractivity contribution in [2.45, 2.75) is 6.10 Å². The molecule has 1 atom stereocenters. The van der Waals surface area contributed by atoms with E-state index < -0.39 is 12.0 Å². The van der Waals surface area contributed by atoms with Gasteiger partial charge in [0.1, 0.15) is 18.5 Å². The van der Waals surface area contributed by atoms with Crippen molar-refractivity contribution in [3.05, 3.63) is 66.2 Å². The van der Waals surface area contributed by atoms with Gasteiger partial charge in [-0.1, -0.05) is 36.4 Å². The predicted octanol–water partition coefficient (Wildman–Crippen LogP) is 2.68. The molecule has 3 aromatic carbocycles. The molecular formula is C24H26N2O4. The van der Waals surface area contributed by atoms with Crippen LogP contribution in [0.2, 0.25) is 0 Å². The number of nitrogens with zero attached hydrogens (tertiary/aromatic N) is 1. The molecule has 1 fully saturated rings. The average Bonchev–Trinajstić information content (AvgIpc) is 2.78. The third-order valence-corrected chi connectivity index (χ3v) is 5.31. The molecule has 0 aliphatic carbocycles. The number of primary amides is 1. The van der Waals surface area contributed by atoms with Crippen molar-refractivity contribution < 1.29 is 19.4 Å². The molecule has 156 valence electrons. The van der Waals surface area contributed by atoms with E-state index in [4.69, 9.17) is 15.2 Å². The highest BCUT2D eigenvalue weighted by Gasteiger charge is 2.16. The highest BCUT2D eigenvalue weighted by Crippen LogP contribution is 2.33. The zero-order valence-corrected chi connectivity index (χ0v) is 16.8. The first-order valence-electron chi connectivity index (χ1n) is 10.1. The van der Waals surface area contributed by atoms with Gasteiger partial charge < -0.3 is 20.3 Å². The van der Waals surface area contributed by atoms with Crippen LogP contribution < -0.4 is 10.5 Å². The van der Waals surface area contributed by atoms with E-state index >= 15 is 0 Å². The minimum Gasteiger partial charge on any atom is -0.491 e. The molecule has 6 nitrogen and oxygen atoms in total. The van der Waals surface area contributed by atoms with Crippen molar-refractivity contribution >= 4 is 16.7 Å². The fourth-order valence-corrected chi connectivity index (χ4v) is 3.77. The monoisotopic (exact) mass is 406 g/mol. The number of benzene rings is 3. The third-order valence-electron chi connectivity index (χ3n) is 5.31. The number of ether oxygens (including phenoxy) is 2. The van der Waals surface area contributed by atoms with Crippen LogP contribution in [0.4, 0.5) is 0 Å². The largest absolute Gasteiger partial charge is 0.491 e. The van der Waals surface area contributed by atoms with Crippen LogP contribution in [0.5, 0.6) is 5.75 Å². The first kappa shape index (κ1) is 20.3. The third kappa shape index (κ3) is 4.79. The summed E-state index contributed by atoms with van der Waals surface area (Å²) in [5.41, 5.74) is 7.76. The van der Waals surface area contributed by atoms with Crippen LogP contribution in [-0.2, 0) is 4.74 Å². The van der Waals surface area contributed by atoms with Crippen LogP contribution in [0, 0.1) is 0 Å². The molecule has 0 spiro atoms. The SMILES string of the molecule is NC(=O)c1cccc(-c2cc(OCC(O)CN3CCOCC3)cc3ccccc23)c1. The molecule has 1 aliphatic heterocycles. The van der Waals surface area contributed by atoms with Crippen molar-refractivity contribution in [2.75, 3.05) is 39.5 Å². The van der Waals surface area contributed by atoms with Crippen molar-refractivity contribution in [3.63, 3.8) is 0 Å². The van der Waals surface area contributed by atoms with Crippen LogP contribution >= 0.6 is 0 Å². The number of amides is 1. The molecule has 1 saturated heterocycles. The Morgan fingerprint density at radius 3 is 2.70 bits per heavy atom. The molecule has 1 amide bonds. The van der Waals surface area contributed by atoms with Crippen LogP contribution in [0.25, 0.3) is 21.9 Å². The molecule has 3 aromatic rings. The number of carbonyl (C=O) groups excluding carboxylic acids is 1.